The third-order valence-corrected chi connectivity index (χ3v) is 2.12. The second-order valence-corrected chi connectivity index (χ2v) is 3.41. The van der Waals surface area contributed by atoms with E-state index in [2.05, 4.69) is 9.97 Å². The molecule has 1 rings (SSSR count). The lowest BCUT2D eigenvalue weighted by Gasteiger charge is -1.99. The van der Waals surface area contributed by atoms with Crippen LogP contribution in [0.3, 0.4) is 0 Å². The highest BCUT2D eigenvalue weighted by Gasteiger charge is 1.99. The number of nitrogen functional groups attached to an aromatic ring is 2. The molecule has 0 amide bonds. The van der Waals surface area contributed by atoms with Gasteiger partial charge in [-0.2, -0.15) is 0 Å². The molecule has 0 aliphatic heterocycles. The molecule has 70 valence electrons. The average molecular weight is 217 g/mol. The zero-order valence-corrected chi connectivity index (χ0v) is 8.35. The predicted octanol–water partition coefficient (Wildman–Crippen LogP) is 1.49. The molecule has 0 atom stereocenters. The number of nitrogens with two attached hydrogens (primary N) is 2. The van der Waals surface area contributed by atoms with Gasteiger partial charge in [0, 0.05) is 17.4 Å². The number of hydrogen-bond acceptors (Lipinski definition) is 5. The van der Waals surface area contributed by atoms with Crippen LogP contribution in [0.5, 0.6) is 0 Å². The number of hydrogen-bond donors (Lipinski definition) is 2. The van der Waals surface area contributed by atoms with Crippen LogP contribution >= 0.6 is 23.4 Å². The van der Waals surface area contributed by atoms with Gasteiger partial charge in [-0.05, 0) is 0 Å². The smallest absolute Gasteiger partial charge is 0.191 e. The van der Waals surface area contributed by atoms with Gasteiger partial charge in [-0.1, -0.05) is 29.4 Å². The summed E-state index contributed by atoms with van der Waals surface area (Å²) in [4.78, 5) is 7.96. The van der Waals surface area contributed by atoms with Gasteiger partial charge in [0.25, 0.3) is 0 Å². The summed E-state index contributed by atoms with van der Waals surface area (Å²) < 4.78 is 0. The van der Waals surface area contributed by atoms with Crippen LogP contribution in [-0.4, -0.2) is 15.7 Å². The number of thioether (sulfide) groups is 1. The molecule has 0 saturated heterocycles. The van der Waals surface area contributed by atoms with Crippen molar-refractivity contribution in [3.63, 3.8) is 0 Å². The molecule has 0 spiro atoms. The number of aromatic nitrogens is 2. The minimum absolute atomic E-state index is 0.379. The van der Waals surface area contributed by atoms with Crippen molar-refractivity contribution in [1.82, 2.24) is 9.97 Å². The van der Waals surface area contributed by atoms with Crippen LogP contribution in [0.15, 0.2) is 22.8 Å². The Bertz CT molecular complexity index is 295. The fraction of sp³-hybridized carbons (Fsp3) is 0.143. The minimum Gasteiger partial charge on any atom is -0.383 e. The Morgan fingerprint density at radius 3 is 2.54 bits per heavy atom. The largest absolute Gasteiger partial charge is 0.383 e. The van der Waals surface area contributed by atoms with E-state index in [9.17, 15) is 0 Å². The maximum absolute atomic E-state index is 5.48. The quantitative estimate of drug-likeness (QED) is 0.591. The molecule has 0 aliphatic rings. The molecule has 0 aromatic carbocycles. The second-order valence-electron chi connectivity index (χ2n) is 2.17. The summed E-state index contributed by atoms with van der Waals surface area (Å²) in [6.07, 6.45) is 1.79. The topological polar surface area (TPSA) is 77.8 Å². The molecule has 0 unspecified atom stereocenters. The lowest BCUT2D eigenvalue weighted by atomic mass is 10.5. The van der Waals surface area contributed by atoms with E-state index in [1.165, 1.54) is 23.4 Å². The van der Waals surface area contributed by atoms with Gasteiger partial charge in [0.15, 0.2) is 5.16 Å². The van der Waals surface area contributed by atoms with Crippen LogP contribution in [0.25, 0.3) is 0 Å². The number of nitrogens with zero attached hydrogens (tertiary/aromatic N) is 2. The van der Waals surface area contributed by atoms with E-state index >= 15 is 0 Å². The van der Waals surface area contributed by atoms with E-state index < -0.39 is 0 Å². The Balaban J connectivity index is 2.66. The van der Waals surface area contributed by atoms with Crippen molar-refractivity contribution in [2.24, 2.45) is 0 Å². The van der Waals surface area contributed by atoms with Crippen LogP contribution < -0.4 is 11.5 Å². The highest BCUT2D eigenvalue weighted by molar-refractivity contribution is 7.99. The van der Waals surface area contributed by atoms with E-state index in [0.717, 1.165) is 0 Å². The van der Waals surface area contributed by atoms with E-state index in [1.54, 1.807) is 6.08 Å². The first-order chi connectivity index (χ1) is 6.22. The first-order valence-electron chi connectivity index (χ1n) is 3.50. The molecule has 0 aliphatic carbocycles. The third kappa shape index (κ3) is 3.52. The van der Waals surface area contributed by atoms with Crippen molar-refractivity contribution in [2.75, 3.05) is 17.2 Å². The summed E-state index contributed by atoms with van der Waals surface area (Å²) in [5.74, 6) is 1.46. The fourth-order valence-corrected chi connectivity index (χ4v) is 1.56. The molecule has 0 fully saturated rings. The van der Waals surface area contributed by atoms with Crippen molar-refractivity contribution >= 4 is 35.0 Å². The van der Waals surface area contributed by atoms with Gasteiger partial charge in [-0.15, -0.1) is 0 Å². The van der Waals surface area contributed by atoms with Gasteiger partial charge in [-0.25, -0.2) is 9.97 Å². The van der Waals surface area contributed by atoms with Crippen molar-refractivity contribution in [3.05, 3.63) is 17.7 Å². The summed E-state index contributed by atoms with van der Waals surface area (Å²) in [5.41, 5.74) is 12.4. The molecule has 1 aromatic heterocycles. The molecular formula is C7H9ClN4S. The van der Waals surface area contributed by atoms with Gasteiger partial charge in [0.05, 0.1) is 0 Å². The van der Waals surface area contributed by atoms with Crippen molar-refractivity contribution in [3.8, 4) is 0 Å². The Labute approximate surface area is 85.4 Å². The number of halogens is 1. The Morgan fingerprint density at radius 2 is 2.00 bits per heavy atom. The molecule has 0 saturated carbocycles. The third-order valence-electron chi connectivity index (χ3n) is 1.14. The van der Waals surface area contributed by atoms with Gasteiger partial charge in [0.2, 0.25) is 0 Å². The van der Waals surface area contributed by atoms with Crippen LogP contribution in [0, 0.1) is 0 Å². The summed E-state index contributed by atoms with van der Waals surface area (Å²) in [6, 6.07) is 1.52. The standard InChI is InChI=1S/C7H9ClN4S/c8-2-1-3-13-7-11-5(9)4-6(10)12-7/h1-2,4H,3H2,(H4,9,10,11,12)/b2-1+. The molecule has 0 radical (unpaired) electrons. The predicted molar refractivity (Wildman–Crippen MR) is 56.6 cm³/mol. The maximum Gasteiger partial charge on any atom is 0.191 e. The van der Waals surface area contributed by atoms with Crippen molar-refractivity contribution in [2.45, 2.75) is 5.16 Å². The molecule has 1 aromatic rings. The van der Waals surface area contributed by atoms with Crippen LogP contribution in [0.1, 0.15) is 0 Å². The molecule has 13 heavy (non-hydrogen) atoms. The van der Waals surface area contributed by atoms with Crippen LogP contribution in [0.2, 0.25) is 0 Å². The molecule has 0 bridgehead atoms. The average Bonchev–Trinajstić information content (AvgIpc) is 2.03. The number of rotatable bonds is 3. The lowest BCUT2D eigenvalue weighted by Crippen LogP contribution is -1.99. The molecular weight excluding hydrogens is 208 g/mol. The lowest BCUT2D eigenvalue weighted by molar-refractivity contribution is 0.987. The van der Waals surface area contributed by atoms with Crippen molar-refractivity contribution in [1.29, 1.82) is 0 Å². The summed E-state index contributed by atoms with van der Waals surface area (Å²) >= 11 is 6.77. The van der Waals surface area contributed by atoms with Gasteiger partial charge >= 0.3 is 0 Å². The Kier molecular flexibility index (Phi) is 3.85. The molecule has 4 nitrogen and oxygen atoms in total. The Morgan fingerprint density at radius 1 is 1.38 bits per heavy atom. The second kappa shape index (κ2) is 4.94. The SMILES string of the molecule is Nc1cc(N)nc(SC/C=C/Cl)n1. The normalized spacial score (nSPS) is 10.8. The van der Waals surface area contributed by atoms with E-state index in [0.29, 0.717) is 22.5 Å². The summed E-state index contributed by atoms with van der Waals surface area (Å²) in [7, 11) is 0. The first-order valence-corrected chi connectivity index (χ1v) is 4.92. The zero-order valence-electron chi connectivity index (χ0n) is 6.77. The van der Waals surface area contributed by atoms with Gasteiger partial charge in [-0.3, -0.25) is 0 Å². The molecule has 6 heteroatoms. The van der Waals surface area contributed by atoms with Crippen LogP contribution in [0.4, 0.5) is 11.6 Å². The number of anilines is 2. The monoisotopic (exact) mass is 216 g/mol. The molecule has 1 heterocycles. The minimum atomic E-state index is 0.379. The van der Waals surface area contributed by atoms with Crippen molar-refractivity contribution < 1.29 is 0 Å². The maximum atomic E-state index is 5.48. The van der Waals surface area contributed by atoms with E-state index in [-0.39, 0.29) is 0 Å². The van der Waals surface area contributed by atoms with Gasteiger partial charge < -0.3 is 11.5 Å². The highest BCUT2D eigenvalue weighted by Crippen LogP contribution is 2.16. The Hall–Kier alpha value is -0.940. The summed E-state index contributed by atoms with van der Waals surface area (Å²) in [5, 5.41) is 0.562. The van der Waals surface area contributed by atoms with E-state index in [1.807, 2.05) is 0 Å². The molecule has 4 N–H and O–H groups in total. The summed E-state index contributed by atoms with van der Waals surface area (Å²) in [6.45, 7) is 0. The van der Waals surface area contributed by atoms with E-state index in [4.69, 9.17) is 23.1 Å². The first kappa shape index (κ1) is 10.1. The fourth-order valence-electron chi connectivity index (χ4n) is 0.686. The highest BCUT2D eigenvalue weighted by atomic mass is 35.5. The zero-order chi connectivity index (χ0) is 9.68. The van der Waals surface area contributed by atoms with Gasteiger partial charge in [0.1, 0.15) is 11.6 Å². The van der Waals surface area contributed by atoms with Crippen LogP contribution in [-0.2, 0) is 0 Å².